The van der Waals surface area contributed by atoms with Gasteiger partial charge >= 0.3 is 0 Å². The van der Waals surface area contributed by atoms with Crippen LogP contribution in [0.5, 0.6) is 5.75 Å². The molecular weight excluding hydrogens is 152 g/mol. The molecule has 0 fully saturated rings. The lowest BCUT2D eigenvalue weighted by Crippen LogP contribution is -2.10. The highest BCUT2D eigenvalue weighted by Gasteiger charge is 2.03. The minimum atomic E-state index is 0.291. The van der Waals surface area contributed by atoms with Gasteiger partial charge in [-0.2, -0.15) is 5.10 Å². The summed E-state index contributed by atoms with van der Waals surface area (Å²) in [6, 6.07) is 0. The molecule has 0 saturated heterocycles. The van der Waals surface area contributed by atoms with Gasteiger partial charge in [0.25, 0.3) is 0 Å². The van der Waals surface area contributed by atoms with Crippen molar-refractivity contribution in [2.45, 2.75) is 32.8 Å². The van der Waals surface area contributed by atoms with Crippen molar-refractivity contribution < 1.29 is 4.74 Å². The van der Waals surface area contributed by atoms with Gasteiger partial charge in [0.2, 0.25) is 0 Å². The highest BCUT2D eigenvalue weighted by Crippen LogP contribution is 2.11. The van der Waals surface area contributed by atoms with Crippen molar-refractivity contribution in [3.8, 4) is 5.75 Å². The molecule has 1 rings (SSSR count). The molecule has 1 aromatic rings. The van der Waals surface area contributed by atoms with Crippen LogP contribution in [0.4, 0.5) is 0 Å². The lowest BCUT2D eigenvalue weighted by atomic mass is 10.2. The molecule has 0 aromatic carbocycles. The fourth-order valence-electron chi connectivity index (χ4n) is 1.16. The van der Waals surface area contributed by atoms with E-state index in [0.717, 1.165) is 18.6 Å². The van der Waals surface area contributed by atoms with E-state index < -0.39 is 0 Å². The zero-order chi connectivity index (χ0) is 8.97. The molecule has 0 aliphatic carbocycles. The first-order valence-corrected chi connectivity index (χ1v) is 4.37. The topological polar surface area (TPSA) is 27.1 Å². The summed E-state index contributed by atoms with van der Waals surface area (Å²) in [5.74, 6) is 0.860. The van der Waals surface area contributed by atoms with Crippen molar-refractivity contribution in [3.05, 3.63) is 12.4 Å². The lowest BCUT2D eigenvalue weighted by Gasteiger charge is -2.10. The Hall–Kier alpha value is -0.990. The lowest BCUT2D eigenvalue weighted by molar-refractivity contribution is 0.210. The number of aromatic nitrogens is 2. The van der Waals surface area contributed by atoms with E-state index >= 15 is 0 Å². The van der Waals surface area contributed by atoms with E-state index in [4.69, 9.17) is 4.74 Å². The Kier molecular flexibility index (Phi) is 3.14. The molecule has 1 unspecified atom stereocenters. The molecule has 1 atom stereocenters. The summed E-state index contributed by atoms with van der Waals surface area (Å²) in [5, 5.41) is 4.02. The number of hydrogen-bond donors (Lipinski definition) is 0. The molecule has 0 radical (unpaired) electrons. The van der Waals surface area contributed by atoms with Gasteiger partial charge in [0.05, 0.1) is 18.5 Å². The zero-order valence-electron chi connectivity index (χ0n) is 7.95. The predicted molar refractivity (Wildman–Crippen MR) is 48.2 cm³/mol. The monoisotopic (exact) mass is 168 g/mol. The molecule has 1 heterocycles. The normalized spacial score (nSPS) is 12.9. The smallest absolute Gasteiger partial charge is 0.157 e. The molecule has 0 spiro atoms. The third-order valence-corrected chi connectivity index (χ3v) is 1.71. The minimum absolute atomic E-state index is 0.291. The quantitative estimate of drug-likeness (QED) is 0.687. The van der Waals surface area contributed by atoms with Crippen molar-refractivity contribution in [2.24, 2.45) is 7.05 Å². The minimum Gasteiger partial charge on any atom is -0.487 e. The first-order valence-electron chi connectivity index (χ1n) is 4.37. The van der Waals surface area contributed by atoms with Crippen LogP contribution in [0, 0.1) is 0 Å². The van der Waals surface area contributed by atoms with Crippen molar-refractivity contribution in [1.29, 1.82) is 0 Å². The Morgan fingerprint density at radius 1 is 1.67 bits per heavy atom. The fourth-order valence-corrected chi connectivity index (χ4v) is 1.16. The van der Waals surface area contributed by atoms with Crippen LogP contribution in [-0.4, -0.2) is 15.9 Å². The first-order chi connectivity index (χ1) is 5.72. The van der Waals surface area contributed by atoms with E-state index in [1.807, 2.05) is 13.2 Å². The highest BCUT2D eigenvalue weighted by molar-refractivity contribution is 5.11. The molecule has 12 heavy (non-hydrogen) atoms. The van der Waals surface area contributed by atoms with Gasteiger partial charge in [-0.15, -0.1) is 0 Å². The third kappa shape index (κ3) is 2.57. The third-order valence-electron chi connectivity index (χ3n) is 1.71. The van der Waals surface area contributed by atoms with Gasteiger partial charge in [-0.05, 0) is 13.3 Å². The van der Waals surface area contributed by atoms with Crippen molar-refractivity contribution in [2.75, 3.05) is 0 Å². The number of nitrogens with zero attached hydrogens (tertiary/aromatic N) is 2. The summed E-state index contributed by atoms with van der Waals surface area (Å²) in [4.78, 5) is 0. The molecule has 3 heteroatoms. The summed E-state index contributed by atoms with van der Waals surface area (Å²) < 4.78 is 7.34. The SMILES string of the molecule is CCCC(C)Oc1cnn(C)c1. The molecule has 0 aliphatic heterocycles. The second-order valence-corrected chi connectivity index (χ2v) is 3.07. The van der Waals surface area contributed by atoms with Crippen molar-refractivity contribution in [1.82, 2.24) is 9.78 Å². The molecule has 0 amide bonds. The van der Waals surface area contributed by atoms with Crippen molar-refractivity contribution >= 4 is 0 Å². The van der Waals surface area contributed by atoms with E-state index in [1.165, 1.54) is 0 Å². The molecule has 0 saturated carbocycles. The van der Waals surface area contributed by atoms with Gasteiger partial charge in [-0.3, -0.25) is 4.68 Å². The molecule has 3 nitrogen and oxygen atoms in total. The van der Waals surface area contributed by atoms with Gasteiger partial charge in [0, 0.05) is 7.05 Å². The summed E-state index contributed by atoms with van der Waals surface area (Å²) in [7, 11) is 1.89. The van der Waals surface area contributed by atoms with Crippen LogP contribution in [0.2, 0.25) is 0 Å². The van der Waals surface area contributed by atoms with Crippen LogP contribution < -0.4 is 4.74 Å². The Labute approximate surface area is 73.3 Å². The molecule has 0 aliphatic rings. The number of rotatable bonds is 4. The average Bonchev–Trinajstić information content (AvgIpc) is 2.36. The van der Waals surface area contributed by atoms with Crippen LogP contribution >= 0.6 is 0 Å². The molecule has 68 valence electrons. The second-order valence-electron chi connectivity index (χ2n) is 3.07. The predicted octanol–water partition coefficient (Wildman–Crippen LogP) is 1.99. The number of ether oxygens (including phenoxy) is 1. The Morgan fingerprint density at radius 3 is 2.92 bits per heavy atom. The standard InChI is InChI=1S/C9H16N2O/c1-4-5-8(2)12-9-6-10-11(3)7-9/h6-8H,4-5H2,1-3H3. The summed E-state index contributed by atoms with van der Waals surface area (Å²) in [6.07, 6.45) is 6.16. The highest BCUT2D eigenvalue weighted by atomic mass is 16.5. The van der Waals surface area contributed by atoms with Gasteiger partial charge in [0.1, 0.15) is 0 Å². The van der Waals surface area contributed by atoms with Crippen LogP contribution in [0.1, 0.15) is 26.7 Å². The molecule has 0 bridgehead atoms. The Balaban J connectivity index is 2.41. The van der Waals surface area contributed by atoms with E-state index in [0.29, 0.717) is 6.10 Å². The van der Waals surface area contributed by atoms with Crippen molar-refractivity contribution in [3.63, 3.8) is 0 Å². The summed E-state index contributed by atoms with van der Waals surface area (Å²) in [5.41, 5.74) is 0. The van der Waals surface area contributed by atoms with Crippen LogP contribution in [0.15, 0.2) is 12.4 Å². The molecule has 1 aromatic heterocycles. The maximum Gasteiger partial charge on any atom is 0.157 e. The van der Waals surface area contributed by atoms with Crippen LogP contribution in [0.3, 0.4) is 0 Å². The largest absolute Gasteiger partial charge is 0.487 e. The summed E-state index contributed by atoms with van der Waals surface area (Å²) >= 11 is 0. The zero-order valence-corrected chi connectivity index (χ0v) is 7.95. The van der Waals surface area contributed by atoms with Gasteiger partial charge in [0.15, 0.2) is 5.75 Å². The number of hydrogen-bond acceptors (Lipinski definition) is 2. The van der Waals surface area contributed by atoms with Gasteiger partial charge < -0.3 is 4.74 Å². The maximum absolute atomic E-state index is 5.59. The van der Waals surface area contributed by atoms with E-state index in [9.17, 15) is 0 Å². The molecule has 0 N–H and O–H groups in total. The summed E-state index contributed by atoms with van der Waals surface area (Å²) in [6.45, 7) is 4.24. The Bertz CT molecular complexity index is 232. The fraction of sp³-hybridized carbons (Fsp3) is 0.667. The average molecular weight is 168 g/mol. The van der Waals surface area contributed by atoms with Crippen LogP contribution in [0.25, 0.3) is 0 Å². The van der Waals surface area contributed by atoms with E-state index in [-0.39, 0.29) is 0 Å². The second kappa shape index (κ2) is 4.14. The number of aryl methyl sites for hydroxylation is 1. The van der Waals surface area contributed by atoms with Gasteiger partial charge in [-0.25, -0.2) is 0 Å². The van der Waals surface area contributed by atoms with Crippen LogP contribution in [-0.2, 0) is 7.05 Å². The molecular formula is C9H16N2O. The van der Waals surface area contributed by atoms with Gasteiger partial charge in [-0.1, -0.05) is 13.3 Å². The maximum atomic E-state index is 5.59. The van der Waals surface area contributed by atoms with E-state index in [2.05, 4.69) is 18.9 Å². The first kappa shape index (κ1) is 9.10. The Morgan fingerprint density at radius 2 is 2.42 bits per heavy atom. The van der Waals surface area contributed by atoms with E-state index in [1.54, 1.807) is 10.9 Å².